The largest absolute Gasteiger partial charge is 0.318 e. The lowest BCUT2D eigenvalue weighted by atomic mass is 10.2. The van der Waals surface area contributed by atoms with Gasteiger partial charge in [0.05, 0.1) is 21.5 Å². The highest BCUT2D eigenvalue weighted by Gasteiger charge is 2.14. The molecule has 0 saturated carbocycles. The summed E-state index contributed by atoms with van der Waals surface area (Å²) in [4.78, 5) is 12.3. The highest BCUT2D eigenvalue weighted by molar-refractivity contribution is 7.99. The lowest BCUT2D eigenvalue weighted by molar-refractivity contribution is -0.120. The van der Waals surface area contributed by atoms with Gasteiger partial charge in [0.1, 0.15) is 0 Å². The van der Waals surface area contributed by atoms with Crippen molar-refractivity contribution in [2.45, 2.75) is 31.8 Å². The fourth-order valence-electron chi connectivity index (χ4n) is 3.07. The van der Waals surface area contributed by atoms with Crippen molar-refractivity contribution < 1.29 is 4.79 Å². The van der Waals surface area contributed by atoms with E-state index in [0.717, 1.165) is 28.4 Å². The monoisotopic (exact) mass is 459 g/mol. The Morgan fingerprint density at radius 3 is 2.57 bits per heavy atom. The molecule has 0 aliphatic rings. The quantitative estimate of drug-likeness (QED) is 0.338. The van der Waals surface area contributed by atoms with Crippen molar-refractivity contribution in [3.05, 3.63) is 87.2 Å². The van der Waals surface area contributed by atoms with Crippen LogP contribution in [0.4, 0.5) is 0 Å². The topological polar surface area (TPSA) is 46.4 Å². The first kappa shape index (κ1) is 22.5. The Kier molecular flexibility index (Phi) is 7.64. The van der Waals surface area contributed by atoms with Gasteiger partial charge >= 0.3 is 0 Å². The van der Waals surface area contributed by atoms with Crippen LogP contribution in [-0.2, 0) is 10.5 Å². The summed E-state index contributed by atoms with van der Waals surface area (Å²) in [5.74, 6) is 0.662. The molecule has 1 amide bonds. The molecule has 1 heterocycles. The van der Waals surface area contributed by atoms with Crippen molar-refractivity contribution in [1.29, 1.82) is 0 Å². The third kappa shape index (κ3) is 5.48. The van der Waals surface area contributed by atoms with E-state index in [1.165, 1.54) is 5.56 Å². The zero-order valence-corrected chi connectivity index (χ0v) is 19.4. The van der Waals surface area contributed by atoms with Gasteiger partial charge in [-0.1, -0.05) is 53.5 Å². The van der Waals surface area contributed by atoms with Crippen LogP contribution >= 0.6 is 35.0 Å². The first-order valence-corrected chi connectivity index (χ1v) is 11.3. The van der Waals surface area contributed by atoms with Gasteiger partial charge in [-0.3, -0.25) is 4.79 Å². The van der Waals surface area contributed by atoms with Crippen molar-refractivity contribution in [1.82, 2.24) is 9.99 Å². The number of carbonyl (C=O) groups excluding carboxylic acids is 1. The summed E-state index contributed by atoms with van der Waals surface area (Å²) in [5.41, 5.74) is 7.71. The first-order valence-electron chi connectivity index (χ1n) is 9.49. The maximum atomic E-state index is 12.3. The minimum Gasteiger partial charge on any atom is -0.318 e. The molecule has 0 fully saturated rings. The predicted octanol–water partition coefficient (Wildman–Crippen LogP) is 6.17. The van der Waals surface area contributed by atoms with Gasteiger partial charge in [-0.25, -0.2) is 5.43 Å². The van der Waals surface area contributed by atoms with Crippen LogP contribution in [0.25, 0.3) is 5.69 Å². The van der Waals surface area contributed by atoms with Gasteiger partial charge < -0.3 is 4.57 Å². The molecule has 4 nitrogen and oxygen atoms in total. The Bertz CT molecular complexity index is 1060. The minimum absolute atomic E-state index is 0.120. The molecule has 1 atom stereocenters. The van der Waals surface area contributed by atoms with Crippen molar-refractivity contribution in [2.24, 2.45) is 5.10 Å². The number of thioether (sulfide) groups is 1. The molecule has 0 aliphatic carbocycles. The molecule has 0 radical (unpaired) electrons. The number of hydrazone groups is 1. The molecule has 1 aromatic heterocycles. The van der Waals surface area contributed by atoms with Gasteiger partial charge in [0.25, 0.3) is 5.91 Å². The molecular formula is C23H23Cl2N3OS. The minimum atomic E-state index is -0.203. The summed E-state index contributed by atoms with van der Waals surface area (Å²) in [5, 5.41) is 4.98. The number of carbonyl (C=O) groups is 1. The molecule has 156 valence electrons. The van der Waals surface area contributed by atoms with E-state index in [1.54, 1.807) is 24.0 Å². The van der Waals surface area contributed by atoms with Crippen LogP contribution in [0.2, 0.25) is 10.0 Å². The van der Waals surface area contributed by atoms with E-state index in [2.05, 4.69) is 27.2 Å². The molecule has 2 aromatic carbocycles. The fourth-order valence-corrected chi connectivity index (χ4v) is 4.20. The van der Waals surface area contributed by atoms with E-state index in [9.17, 15) is 4.79 Å². The Balaban J connectivity index is 1.63. The second kappa shape index (κ2) is 10.2. The predicted molar refractivity (Wildman–Crippen MR) is 128 cm³/mol. The van der Waals surface area contributed by atoms with Crippen LogP contribution in [-0.4, -0.2) is 21.9 Å². The maximum Gasteiger partial charge on any atom is 0.252 e. The van der Waals surface area contributed by atoms with Gasteiger partial charge in [-0.05, 0) is 50.6 Å². The smallest absolute Gasteiger partial charge is 0.252 e. The third-order valence-corrected chi connectivity index (χ3v) is 6.68. The van der Waals surface area contributed by atoms with Crippen LogP contribution in [0.5, 0.6) is 0 Å². The molecule has 0 saturated heterocycles. The van der Waals surface area contributed by atoms with E-state index in [4.69, 9.17) is 23.2 Å². The molecule has 3 rings (SSSR count). The number of halogens is 2. The third-order valence-electron chi connectivity index (χ3n) is 4.72. The van der Waals surface area contributed by atoms with Crippen LogP contribution in [0.3, 0.4) is 0 Å². The van der Waals surface area contributed by atoms with Gasteiger partial charge in [-0.15, -0.1) is 11.8 Å². The SMILES string of the molecule is Cc1cc(/C=N\NC(=O)[C@@H](C)SCc2ccccc2)c(C)n1-c1ccc(Cl)c(Cl)c1. The summed E-state index contributed by atoms with van der Waals surface area (Å²) in [6, 6.07) is 17.6. The van der Waals surface area contributed by atoms with Crippen LogP contribution in [0.1, 0.15) is 29.4 Å². The standard InChI is InChI=1S/C23H23Cl2N3OS/c1-15-11-19(16(2)28(15)20-9-10-21(24)22(25)12-20)13-26-27-23(29)17(3)30-14-18-7-5-4-6-8-18/h4-13,17H,14H2,1-3H3,(H,27,29)/b26-13-/t17-/m1/s1. The van der Waals surface area contributed by atoms with Crippen LogP contribution < -0.4 is 5.43 Å². The summed E-state index contributed by atoms with van der Waals surface area (Å²) < 4.78 is 2.07. The number of hydrogen-bond acceptors (Lipinski definition) is 3. The maximum absolute atomic E-state index is 12.3. The van der Waals surface area contributed by atoms with E-state index in [-0.39, 0.29) is 11.2 Å². The molecular weight excluding hydrogens is 437 g/mol. The molecule has 3 aromatic rings. The van der Waals surface area contributed by atoms with Crippen LogP contribution in [0, 0.1) is 13.8 Å². The Hall–Kier alpha value is -2.21. The summed E-state index contributed by atoms with van der Waals surface area (Å²) >= 11 is 13.8. The Morgan fingerprint density at radius 2 is 1.87 bits per heavy atom. The van der Waals surface area contributed by atoms with Crippen molar-refractivity contribution in [2.75, 3.05) is 0 Å². The molecule has 0 bridgehead atoms. The second-order valence-corrected chi connectivity index (χ2v) is 9.08. The number of nitrogens with one attached hydrogen (secondary N) is 1. The first-order chi connectivity index (χ1) is 14.4. The van der Waals surface area contributed by atoms with E-state index in [0.29, 0.717) is 10.0 Å². The average Bonchev–Trinajstić information content (AvgIpc) is 3.02. The Labute approximate surface area is 191 Å². The van der Waals surface area contributed by atoms with Crippen LogP contribution in [0.15, 0.2) is 59.7 Å². The molecule has 0 unspecified atom stereocenters. The van der Waals surface area contributed by atoms with E-state index in [1.807, 2.05) is 57.2 Å². The second-order valence-electron chi connectivity index (χ2n) is 6.93. The number of amides is 1. The van der Waals surface area contributed by atoms with Crippen molar-refractivity contribution >= 4 is 47.1 Å². The molecule has 1 N–H and O–H groups in total. The van der Waals surface area contributed by atoms with Crippen molar-refractivity contribution in [3.8, 4) is 5.69 Å². The van der Waals surface area contributed by atoms with Gasteiger partial charge in [0.15, 0.2) is 0 Å². The van der Waals surface area contributed by atoms with Gasteiger partial charge in [-0.2, -0.15) is 5.10 Å². The molecule has 30 heavy (non-hydrogen) atoms. The van der Waals surface area contributed by atoms with Crippen molar-refractivity contribution in [3.63, 3.8) is 0 Å². The summed E-state index contributed by atoms with van der Waals surface area (Å²) in [6.45, 7) is 5.89. The zero-order chi connectivity index (χ0) is 21.7. The number of nitrogens with zero attached hydrogens (tertiary/aromatic N) is 2. The lowest BCUT2D eigenvalue weighted by Crippen LogP contribution is -2.27. The number of aromatic nitrogens is 1. The highest BCUT2D eigenvalue weighted by atomic mass is 35.5. The lowest BCUT2D eigenvalue weighted by Gasteiger charge is -2.10. The number of aryl methyl sites for hydroxylation is 1. The normalized spacial score (nSPS) is 12.3. The van der Waals surface area contributed by atoms with E-state index < -0.39 is 0 Å². The summed E-state index contributed by atoms with van der Waals surface area (Å²) in [7, 11) is 0. The molecule has 7 heteroatoms. The number of hydrogen-bond donors (Lipinski definition) is 1. The number of benzene rings is 2. The highest BCUT2D eigenvalue weighted by Crippen LogP contribution is 2.27. The van der Waals surface area contributed by atoms with E-state index >= 15 is 0 Å². The summed E-state index contributed by atoms with van der Waals surface area (Å²) in [6.07, 6.45) is 1.67. The number of rotatable bonds is 7. The van der Waals surface area contributed by atoms with Gasteiger partial charge in [0.2, 0.25) is 0 Å². The average molecular weight is 460 g/mol. The fraction of sp³-hybridized carbons (Fsp3) is 0.217. The molecule has 0 aliphatic heterocycles. The Morgan fingerprint density at radius 1 is 1.13 bits per heavy atom. The molecule has 0 spiro atoms. The van der Waals surface area contributed by atoms with Gasteiger partial charge in [0, 0.05) is 28.4 Å². The zero-order valence-electron chi connectivity index (χ0n) is 17.0.